The molecule has 0 aliphatic carbocycles. The van der Waals surface area contributed by atoms with Crippen molar-refractivity contribution in [3.05, 3.63) is 30.4 Å². The first-order valence-electron chi connectivity index (χ1n) is 5.99. The van der Waals surface area contributed by atoms with Gasteiger partial charge in [0, 0.05) is 24.9 Å². The van der Waals surface area contributed by atoms with Crippen molar-refractivity contribution in [3.8, 4) is 0 Å². The third-order valence-corrected chi connectivity index (χ3v) is 2.41. The van der Waals surface area contributed by atoms with Crippen LogP contribution in [0.2, 0.25) is 0 Å². The van der Waals surface area contributed by atoms with E-state index in [1.165, 1.54) is 12.5 Å². The lowest BCUT2D eigenvalue weighted by atomic mass is 10.2. The zero-order chi connectivity index (χ0) is 14.1. The van der Waals surface area contributed by atoms with E-state index in [1.807, 2.05) is 19.1 Å². The molecule has 4 N–H and O–H groups in total. The molecule has 0 aliphatic rings. The van der Waals surface area contributed by atoms with Crippen LogP contribution in [0.1, 0.15) is 19.0 Å². The molecule has 0 fully saturated rings. The maximum atomic E-state index is 11.5. The van der Waals surface area contributed by atoms with Gasteiger partial charge in [-0.1, -0.05) is 12.2 Å². The highest BCUT2D eigenvalue weighted by Crippen LogP contribution is 1.98. The Kier molecular flexibility index (Phi) is 6.14. The number of hydrogen-bond donors (Lipinski definition) is 4. The third kappa shape index (κ3) is 5.71. The highest BCUT2D eigenvalue weighted by molar-refractivity contribution is 5.82. The van der Waals surface area contributed by atoms with Crippen molar-refractivity contribution in [1.82, 2.24) is 20.6 Å². The number of aromatic amines is 1. The second-order valence-corrected chi connectivity index (χ2v) is 3.93. The number of carbonyl (C=O) groups is 2. The zero-order valence-corrected chi connectivity index (χ0v) is 10.7. The monoisotopic (exact) mass is 266 g/mol. The Bertz CT molecular complexity index is 428. The van der Waals surface area contributed by atoms with Gasteiger partial charge in [-0.15, -0.1) is 0 Å². The fourth-order valence-corrected chi connectivity index (χ4v) is 1.46. The number of carboxylic acids is 1. The van der Waals surface area contributed by atoms with Crippen LogP contribution >= 0.6 is 0 Å². The van der Waals surface area contributed by atoms with Gasteiger partial charge >= 0.3 is 12.0 Å². The number of rotatable bonds is 7. The molecule has 0 spiro atoms. The number of carbonyl (C=O) groups excluding carboxylic acids is 1. The summed E-state index contributed by atoms with van der Waals surface area (Å²) < 4.78 is 0. The predicted molar refractivity (Wildman–Crippen MR) is 69.7 cm³/mol. The minimum atomic E-state index is -1.08. The average Bonchev–Trinajstić information content (AvgIpc) is 2.86. The first-order valence-corrected chi connectivity index (χ1v) is 5.99. The molecule has 1 aromatic rings. The number of urea groups is 1. The molecule has 0 bridgehead atoms. The standard InChI is InChI=1S/C12H18N4O3/c1-2-3-4-5-14-12(19)16-10(11(17)18)6-9-7-13-8-15-9/h2-3,7-8,10H,4-6H2,1H3,(H,13,15)(H,17,18)(H2,14,16,19)/b3-2+. The lowest BCUT2D eigenvalue weighted by molar-refractivity contribution is -0.139. The lowest BCUT2D eigenvalue weighted by Crippen LogP contribution is -2.47. The number of nitrogens with zero attached hydrogens (tertiary/aromatic N) is 1. The van der Waals surface area contributed by atoms with Gasteiger partial charge in [0.05, 0.1) is 6.33 Å². The van der Waals surface area contributed by atoms with Crippen LogP contribution in [0.15, 0.2) is 24.7 Å². The minimum absolute atomic E-state index is 0.164. The van der Waals surface area contributed by atoms with Crippen LogP contribution in [0.5, 0.6) is 0 Å². The maximum Gasteiger partial charge on any atom is 0.326 e. The molecule has 1 unspecified atom stereocenters. The first kappa shape index (κ1) is 14.7. The van der Waals surface area contributed by atoms with Gasteiger partial charge in [0.15, 0.2) is 0 Å². The molecule has 0 saturated carbocycles. The van der Waals surface area contributed by atoms with Crippen LogP contribution in [-0.4, -0.2) is 39.7 Å². The van der Waals surface area contributed by atoms with E-state index in [2.05, 4.69) is 20.6 Å². The van der Waals surface area contributed by atoms with E-state index < -0.39 is 18.0 Å². The van der Waals surface area contributed by atoms with Crippen molar-refractivity contribution >= 4 is 12.0 Å². The van der Waals surface area contributed by atoms with E-state index in [4.69, 9.17) is 5.11 Å². The van der Waals surface area contributed by atoms with Crippen molar-refractivity contribution < 1.29 is 14.7 Å². The Labute approximate surface area is 111 Å². The molecule has 0 radical (unpaired) electrons. The number of nitrogens with one attached hydrogen (secondary N) is 3. The van der Waals surface area contributed by atoms with E-state index in [-0.39, 0.29) is 6.42 Å². The molecule has 0 aromatic carbocycles. The summed E-state index contributed by atoms with van der Waals surface area (Å²) in [5.41, 5.74) is 0.654. The van der Waals surface area contributed by atoms with Gasteiger partial charge in [-0.25, -0.2) is 14.6 Å². The molecule has 1 aromatic heterocycles. The Morgan fingerprint density at radius 2 is 2.37 bits per heavy atom. The zero-order valence-electron chi connectivity index (χ0n) is 10.7. The number of amides is 2. The van der Waals surface area contributed by atoms with Gasteiger partial charge in [0.25, 0.3) is 0 Å². The fraction of sp³-hybridized carbons (Fsp3) is 0.417. The van der Waals surface area contributed by atoms with E-state index in [0.717, 1.165) is 0 Å². The molecule has 2 amide bonds. The van der Waals surface area contributed by atoms with Crippen LogP contribution in [0.4, 0.5) is 4.79 Å². The van der Waals surface area contributed by atoms with Gasteiger partial charge < -0.3 is 20.7 Å². The first-order chi connectivity index (χ1) is 9.13. The highest BCUT2D eigenvalue weighted by Gasteiger charge is 2.20. The molecule has 104 valence electrons. The quantitative estimate of drug-likeness (QED) is 0.430. The molecule has 1 atom stereocenters. The second-order valence-electron chi connectivity index (χ2n) is 3.93. The Morgan fingerprint density at radius 3 is 2.95 bits per heavy atom. The molecule has 7 nitrogen and oxygen atoms in total. The smallest absolute Gasteiger partial charge is 0.326 e. The molecule has 19 heavy (non-hydrogen) atoms. The Balaban J connectivity index is 2.40. The van der Waals surface area contributed by atoms with Crippen molar-refractivity contribution in [1.29, 1.82) is 0 Å². The van der Waals surface area contributed by atoms with E-state index in [0.29, 0.717) is 18.7 Å². The van der Waals surface area contributed by atoms with Gasteiger partial charge in [0.1, 0.15) is 6.04 Å². The predicted octanol–water partition coefficient (Wildman–Crippen LogP) is 0.671. The van der Waals surface area contributed by atoms with Crippen LogP contribution in [0.25, 0.3) is 0 Å². The number of imidazole rings is 1. The van der Waals surface area contributed by atoms with Crippen molar-refractivity contribution in [2.24, 2.45) is 0 Å². The Hall–Kier alpha value is -2.31. The number of carboxylic acid groups (broad SMARTS) is 1. The number of H-pyrrole nitrogens is 1. The van der Waals surface area contributed by atoms with Crippen molar-refractivity contribution in [2.75, 3.05) is 6.54 Å². The van der Waals surface area contributed by atoms with Gasteiger partial charge in [-0.3, -0.25) is 0 Å². The molecular weight excluding hydrogens is 248 g/mol. The maximum absolute atomic E-state index is 11.5. The number of hydrogen-bond acceptors (Lipinski definition) is 3. The van der Waals surface area contributed by atoms with E-state index in [1.54, 1.807) is 0 Å². The molecule has 1 rings (SSSR count). The summed E-state index contributed by atoms with van der Waals surface area (Å²) in [4.78, 5) is 29.2. The summed E-state index contributed by atoms with van der Waals surface area (Å²) in [6, 6.07) is -1.47. The molecular formula is C12H18N4O3. The number of allylic oxidation sites excluding steroid dienone is 1. The molecule has 7 heteroatoms. The van der Waals surface area contributed by atoms with Crippen LogP contribution < -0.4 is 10.6 Å². The van der Waals surface area contributed by atoms with Gasteiger partial charge in [-0.05, 0) is 13.3 Å². The summed E-state index contributed by atoms with van der Waals surface area (Å²) in [6.07, 6.45) is 7.67. The lowest BCUT2D eigenvalue weighted by Gasteiger charge is -2.14. The largest absolute Gasteiger partial charge is 0.480 e. The summed E-state index contributed by atoms with van der Waals surface area (Å²) in [7, 11) is 0. The molecule has 0 aliphatic heterocycles. The molecule has 1 heterocycles. The van der Waals surface area contributed by atoms with Crippen molar-refractivity contribution in [3.63, 3.8) is 0 Å². The summed E-state index contributed by atoms with van der Waals surface area (Å²) in [5, 5.41) is 14.0. The van der Waals surface area contributed by atoms with Crippen LogP contribution in [-0.2, 0) is 11.2 Å². The minimum Gasteiger partial charge on any atom is -0.480 e. The summed E-state index contributed by atoms with van der Waals surface area (Å²) in [5.74, 6) is -1.08. The van der Waals surface area contributed by atoms with Crippen molar-refractivity contribution in [2.45, 2.75) is 25.8 Å². The molecule has 0 saturated heterocycles. The fourth-order valence-electron chi connectivity index (χ4n) is 1.46. The number of aromatic nitrogens is 2. The van der Waals surface area contributed by atoms with E-state index in [9.17, 15) is 9.59 Å². The summed E-state index contributed by atoms with van der Waals surface area (Å²) >= 11 is 0. The topological polar surface area (TPSA) is 107 Å². The number of aliphatic carboxylic acids is 1. The van der Waals surface area contributed by atoms with Crippen LogP contribution in [0.3, 0.4) is 0 Å². The second kappa shape index (κ2) is 7.91. The van der Waals surface area contributed by atoms with Gasteiger partial charge in [-0.2, -0.15) is 0 Å². The summed E-state index contributed by atoms with van der Waals surface area (Å²) in [6.45, 7) is 2.36. The average molecular weight is 266 g/mol. The van der Waals surface area contributed by atoms with Crippen LogP contribution in [0, 0.1) is 0 Å². The SMILES string of the molecule is C/C=C/CCNC(=O)NC(Cc1cnc[nH]1)C(=O)O. The normalized spacial score (nSPS) is 12.3. The highest BCUT2D eigenvalue weighted by atomic mass is 16.4. The van der Waals surface area contributed by atoms with Gasteiger partial charge in [0.2, 0.25) is 0 Å². The third-order valence-electron chi connectivity index (χ3n) is 2.41. The Morgan fingerprint density at radius 1 is 1.58 bits per heavy atom. The van der Waals surface area contributed by atoms with E-state index >= 15 is 0 Å².